The zero-order valence-electron chi connectivity index (χ0n) is 17.0. The van der Waals surface area contributed by atoms with Crippen molar-refractivity contribution in [2.75, 3.05) is 26.8 Å². The Kier molecular flexibility index (Phi) is 10.5. The molecule has 1 aromatic carbocycles. The normalized spacial score (nSPS) is 11.3. The quantitative estimate of drug-likeness (QED) is 0.333. The highest BCUT2D eigenvalue weighted by Gasteiger charge is 2.06. The van der Waals surface area contributed by atoms with Crippen LogP contribution in [0.2, 0.25) is 0 Å². The molecule has 2 N–H and O–H groups in total. The van der Waals surface area contributed by atoms with Crippen LogP contribution in [0.25, 0.3) is 0 Å². The number of nitrogens with one attached hydrogen (secondary N) is 2. The van der Waals surface area contributed by atoms with E-state index in [0.29, 0.717) is 19.0 Å². The van der Waals surface area contributed by atoms with E-state index in [1.807, 2.05) is 42.5 Å². The summed E-state index contributed by atoms with van der Waals surface area (Å²) in [5, 5.41) is 6.62. The standard InChI is InChI=1S/C22H32N4O2/c1-3-4-15-27-16-9-14-25-22(23-2)26-17-20-12-8-13-24-21(20)28-18-19-10-6-5-7-11-19/h5-8,10-13H,3-4,9,14-18H2,1-2H3,(H2,23,25,26). The number of hydrogen-bond donors (Lipinski definition) is 2. The molecule has 0 saturated heterocycles. The zero-order chi connectivity index (χ0) is 19.9. The molecule has 0 unspecified atom stereocenters. The van der Waals surface area contributed by atoms with Crippen LogP contribution in [-0.2, 0) is 17.9 Å². The Morgan fingerprint density at radius 2 is 1.86 bits per heavy atom. The van der Waals surface area contributed by atoms with Crippen LogP contribution in [0, 0.1) is 0 Å². The first-order valence-corrected chi connectivity index (χ1v) is 9.96. The molecule has 28 heavy (non-hydrogen) atoms. The highest BCUT2D eigenvalue weighted by molar-refractivity contribution is 5.79. The predicted octanol–water partition coefficient (Wildman–Crippen LogP) is 3.53. The molecule has 0 aliphatic heterocycles. The Hall–Kier alpha value is -2.60. The third kappa shape index (κ3) is 8.39. The number of unbranched alkanes of at least 4 members (excludes halogenated alkanes) is 1. The first-order valence-electron chi connectivity index (χ1n) is 9.96. The Balaban J connectivity index is 1.74. The van der Waals surface area contributed by atoms with Crippen LogP contribution < -0.4 is 15.4 Å². The summed E-state index contributed by atoms with van der Waals surface area (Å²) < 4.78 is 11.5. The summed E-state index contributed by atoms with van der Waals surface area (Å²) in [7, 11) is 1.77. The van der Waals surface area contributed by atoms with Crippen molar-refractivity contribution in [2.24, 2.45) is 4.99 Å². The van der Waals surface area contributed by atoms with E-state index in [0.717, 1.165) is 49.7 Å². The number of aromatic nitrogens is 1. The van der Waals surface area contributed by atoms with E-state index in [9.17, 15) is 0 Å². The number of guanidine groups is 1. The minimum absolute atomic E-state index is 0.496. The van der Waals surface area contributed by atoms with Gasteiger partial charge in [-0.05, 0) is 24.5 Å². The number of pyridine rings is 1. The molecule has 0 bridgehead atoms. The molecular weight excluding hydrogens is 352 g/mol. The maximum absolute atomic E-state index is 5.91. The molecule has 6 heteroatoms. The number of rotatable bonds is 12. The average Bonchev–Trinajstić information content (AvgIpc) is 2.75. The van der Waals surface area contributed by atoms with Crippen molar-refractivity contribution >= 4 is 5.96 Å². The van der Waals surface area contributed by atoms with Gasteiger partial charge in [0.15, 0.2) is 5.96 Å². The van der Waals surface area contributed by atoms with Crippen molar-refractivity contribution < 1.29 is 9.47 Å². The first kappa shape index (κ1) is 21.7. The average molecular weight is 385 g/mol. The Labute approximate surface area is 168 Å². The summed E-state index contributed by atoms with van der Waals surface area (Å²) in [6.07, 6.45) is 4.98. The topological polar surface area (TPSA) is 67.8 Å². The molecule has 2 aromatic rings. The van der Waals surface area contributed by atoms with Gasteiger partial charge < -0.3 is 20.1 Å². The smallest absolute Gasteiger partial charge is 0.218 e. The molecule has 0 fully saturated rings. The van der Waals surface area contributed by atoms with Crippen LogP contribution >= 0.6 is 0 Å². The van der Waals surface area contributed by atoms with E-state index in [-0.39, 0.29) is 0 Å². The van der Waals surface area contributed by atoms with E-state index in [2.05, 4.69) is 27.5 Å². The van der Waals surface area contributed by atoms with Gasteiger partial charge in [0.05, 0.1) is 0 Å². The van der Waals surface area contributed by atoms with Gasteiger partial charge in [-0.1, -0.05) is 49.7 Å². The molecule has 6 nitrogen and oxygen atoms in total. The molecule has 0 aliphatic carbocycles. The molecule has 0 aliphatic rings. The largest absolute Gasteiger partial charge is 0.473 e. The van der Waals surface area contributed by atoms with Crippen LogP contribution in [0.15, 0.2) is 53.7 Å². The van der Waals surface area contributed by atoms with Gasteiger partial charge >= 0.3 is 0 Å². The van der Waals surface area contributed by atoms with E-state index in [1.54, 1.807) is 13.2 Å². The molecule has 152 valence electrons. The van der Waals surface area contributed by atoms with Gasteiger partial charge in [0.1, 0.15) is 6.61 Å². The lowest BCUT2D eigenvalue weighted by Crippen LogP contribution is -2.37. The van der Waals surface area contributed by atoms with Crippen LogP contribution in [0.5, 0.6) is 5.88 Å². The summed E-state index contributed by atoms with van der Waals surface area (Å²) in [5.41, 5.74) is 2.11. The molecule has 0 atom stereocenters. The predicted molar refractivity (Wildman–Crippen MR) is 114 cm³/mol. The second-order valence-electron chi connectivity index (χ2n) is 6.41. The highest BCUT2D eigenvalue weighted by atomic mass is 16.5. The molecular formula is C22H32N4O2. The molecule has 0 radical (unpaired) electrons. The summed E-state index contributed by atoms with van der Waals surface area (Å²) in [4.78, 5) is 8.64. The lowest BCUT2D eigenvalue weighted by molar-refractivity contribution is 0.129. The third-order valence-corrected chi connectivity index (χ3v) is 4.14. The van der Waals surface area contributed by atoms with Crippen molar-refractivity contribution in [3.8, 4) is 5.88 Å². The van der Waals surface area contributed by atoms with Crippen LogP contribution in [-0.4, -0.2) is 37.7 Å². The number of hydrogen-bond acceptors (Lipinski definition) is 4. The van der Waals surface area contributed by atoms with Gasteiger partial charge in [-0.25, -0.2) is 4.98 Å². The minimum atomic E-state index is 0.496. The van der Waals surface area contributed by atoms with Gasteiger partial charge in [0, 0.05) is 45.1 Å². The summed E-state index contributed by atoms with van der Waals surface area (Å²) in [5.74, 6) is 1.39. The Morgan fingerprint density at radius 3 is 2.64 bits per heavy atom. The maximum atomic E-state index is 5.91. The van der Waals surface area contributed by atoms with Crippen LogP contribution in [0.1, 0.15) is 37.3 Å². The molecule has 1 heterocycles. The Morgan fingerprint density at radius 1 is 1.04 bits per heavy atom. The monoisotopic (exact) mass is 384 g/mol. The van der Waals surface area contributed by atoms with Gasteiger partial charge in [-0.3, -0.25) is 4.99 Å². The fourth-order valence-electron chi connectivity index (χ4n) is 2.54. The second-order valence-corrected chi connectivity index (χ2v) is 6.41. The van der Waals surface area contributed by atoms with Crippen molar-refractivity contribution in [1.29, 1.82) is 0 Å². The van der Waals surface area contributed by atoms with Crippen molar-refractivity contribution in [3.05, 3.63) is 59.8 Å². The van der Waals surface area contributed by atoms with Gasteiger partial charge in [-0.15, -0.1) is 0 Å². The third-order valence-electron chi connectivity index (χ3n) is 4.14. The van der Waals surface area contributed by atoms with Gasteiger partial charge in [0.2, 0.25) is 5.88 Å². The van der Waals surface area contributed by atoms with E-state index < -0.39 is 0 Å². The zero-order valence-corrected chi connectivity index (χ0v) is 17.0. The van der Waals surface area contributed by atoms with E-state index in [1.165, 1.54) is 6.42 Å². The molecule has 2 rings (SSSR count). The lowest BCUT2D eigenvalue weighted by atomic mass is 10.2. The number of benzene rings is 1. The van der Waals surface area contributed by atoms with E-state index in [4.69, 9.17) is 9.47 Å². The molecule has 0 saturated carbocycles. The number of aliphatic imine (C=N–C) groups is 1. The van der Waals surface area contributed by atoms with Crippen molar-refractivity contribution in [3.63, 3.8) is 0 Å². The first-order chi connectivity index (χ1) is 13.8. The molecule has 1 aromatic heterocycles. The highest BCUT2D eigenvalue weighted by Crippen LogP contribution is 2.15. The van der Waals surface area contributed by atoms with Crippen molar-refractivity contribution in [1.82, 2.24) is 15.6 Å². The van der Waals surface area contributed by atoms with Crippen LogP contribution in [0.3, 0.4) is 0 Å². The fourth-order valence-corrected chi connectivity index (χ4v) is 2.54. The number of ether oxygens (including phenoxy) is 2. The van der Waals surface area contributed by atoms with Crippen LogP contribution in [0.4, 0.5) is 0 Å². The lowest BCUT2D eigenvalue weighted by Gasteiger charge is -2.14. The Bertz CT molecular complexity index is 692. The maximum Gasteiger partial charge on any atom is 0.218 e. The summed E-state index contributed by atoms with van der Waals surface area (Å²) >= 11 is 0. The minimum Gasteiger partial charge on any atom is -0.473 e. The van der Waals surface area contributed by atoms with Gasteiger partial charge in [-0.2, -0.15) is 0 Å². The fraction of sp³-hybridized carbons (Fsp3) is 0.455. The number of nitrogens with zero attached hydrogens (tertiary/aromatic N) is 2. The summed E-state index contributed by atoms with van der Waals surface area (Å²) in [6.45, 7) is 5.68. The van der Waals surface area contributed by atoms with Crippen molar-refractivity contribution in [2.45, 2.75) is 39.3 Å². The second kappa shape index (κ2) is 13.6. The summed E-state index contributed by atoms with van der Waals surface area (Å²) in [6, 6.07) is 14.0. The molecule has 0 amide bonds. The van der Waals surface area contributed by atoms with E-state index >= 15 is 0 Å². The molecule has 0 spiro atoms. The SMILES string of the molecule is CCCCOCCCNC(=NC)NCc1cccnc1OCc1ccccc1. The van der Waals surface area contributed by atoms with Gasteiger partial charge in [0.25, 0.3) is 0 Å².